The molecule has 0 heterocycles. The van der Waals surface area contributed by atoms with E-state index in [4.69, 9.17) is 0 Å². The fourth-order valence-corrected chi connectivity index (χ4v) is 2.37. The first-order valence-corrected chi connectivity index (χ1v) is 5.88. The Balaban J connectivity index is 2.54. The molecule has 0 atom stereocenters. The second-order valence-corrected chi connectivity index (χ2v) is 4.60. The molecular weight excluding hydrogens is 246 g/mol. The quantitative estimate of drug-likeness (QED) is 0.466. The normalized spacial score (nSPS) is 11.1. The average molecular weight is 256 g/mol. The number of benzene rings is 3. The van der Waals surface area contributed by atoms with Crippen LogP contribution in [-0.2, 0) is 0 Å². The smallest absolute Gasteiger partial charge is 0.169 e. The van der Waals surface area contributed by atoms with Crippen molar-refractivity contribution >= 4 is 27.8 Å². The number of fused-ring (bicyclic) bond motifs is 3. The summed E-state index contributed by atoms with van der Waals surface area (Å²) >= 11 is 0. The molecule has 3 rings (SSSR count). The Morgan fingerprint density at radius 3 is 2.37 bits per heavy atom. The molecule has 0 amide bonds. The molecule has 0 aliphatic heterocycles. The van der Waals surface area contributed by atoms with Crippen molar-refractivity contribution in [1.29, 1.82) is 0 Å². The standard InChI is InChI=1S/C16H10F2O/c1-9-2-4-12-10(6-9)3-5-13-14(12)7-11(8-19)15(17)16(13)18/h2-8H,1H3. The van der Waals surface area contributed by atoms with E-state index in [1.165, 1.54) is 6.07 Å². The molecule has 0 aliphatic rings. The van der Waals surface area contributed by atoms with Gasteiger partial charge in [0.2, 0.25) is 0 Å². The van der Waals surface area contributed by atoms with Crippen molar-refractivity contribution in [2.24, 2.45) is 0 Å². The van der Waals surface area contributed by atoms with Crippen LogP contribution in [0.25, 0.3) is 21.5 Å². The van der Waals surface area contributed by atoms with Gasteiger partial charge in [-0.3, -0.25) is 4.79 Å². The highest BCUT2D eigenvalue weighted by atomic mass is 19.2. The van der Waals surface area contributed by atoms with E-state index in [1.54, 1.807) is 12.1 Å². The summed E-state index contributed by atoms with van der Waals surface area (Å²) in [6.07, 6.45) is 0.338. The third kappa shape index (κ3) is 1.70. The van der Waals surface area contributed by atoms with E-state index < -0.39 is 11.6 Å². The topological polar surface area (TPSA) is 17.1 Å². The first-order chi connectivity index (χ1) is 9.11. The lowest BCUT2D eigenvalue weighted by Crippen LogP contribution is -1.95. The minimum Gasteiger partial charge on any atom is -0.298 e. The molecule has 0 fully saturated rings. The number of halogens is 2. The Hall–Kier alpha value is -2.29. The molecule has 3 aromatic rings. The summed E-state index contributed by atoms with van der Waals surface area (Å²) in [6, 6.07) is 10.4. The average Bonchev–Trinajstić information content (AvgIpc) is 2.41. The highest BCUT2D eigenvalue weighted by molar-refractivity contribution is 6.09. The van der Waals surface area contributed by atoms with Gasteiger partial charge in [-0.25, -0.2) is 8.78 Å². The van der Waals surface area contributed by atoms with Crippen molar-refractivity contribution in [1.82, 2.24) is 0 Å². The fourth-order valence-electron chi connectivity index (χ4n) is 2.37. The molecule has 3 heteroatoms. The summed E-state index contributed by atoms with van der Waals surface area (Å²) in [5, 5.41) is 2.50. The Kier molecular flexibility index (Phi) is 2.56. The minimum atomic E-state index is -1.09. The number of aldehydes is 1. The Morgan fingerprint density at radius 2 is 1.63 bits per heavy atom. The summed E-state index contributed by atoms with van der Waals surface area (Å²) in [6.45, 7) is 1.96. The lowest BCUT2D eigenvalue weighted by atomic mass is 9.98. The summed E-state index contributed by atoms with van der Waals surface area (Å²) < 4.78 is 27.5. The van der Waals surface area contributed by atoms with E-state index in [0.29, 0.717) is 11.7 Å². The number of aryl methyl sites for hydroxylation is 1. The predicted molar refractivity (Wildman–Crippen MR) is 71.5 cm³/mol. The van der Waals surface area contributed by atoms with E-state index in [2.05, 4.69) is 0 Å². The van der Waals surface area contributed by atoms with E-state index in [0.717, 1.165) is 16.3 Å². The van der Waals surface area contributed by atoms with Crippen LogP contribution < -0.4 is 0 Å². The van der Waals surface area contributed by atoms with Crippen molar-refractivity contribution in [3.8, 4) is 0 Å². The highest BCUT2D eigenvalue weighted by Gasteiger charge is 2.14. The van der Waals surface area contributed by atoms with Crippen molar-refractivity contribution in [2.45, 2.75) is 6.92 Å². The second-order valence-electron chi connectivity index (χ2n) is 4.60. The summed E-state index contributed by atoms with van der Waals surface area (Å²) in [5.74, 6) is -2.06. The van der Waals surface area contributed by atoms with Crippen LogP contribution in [0.2, 0.25) is 0 Å². The maximum absolute atomic E-state index is 13.9. The molecule has 0 radical (unpaired) electrons. The first kappa shape index (κ1) is 11.8. The van der Waals surface area contributed by atoms with Gasteiger partial charge in [0, 0.05) is 5.39 Å². The van der Waals surface area contributed by atoms with Gasteiger partial charge in [-0.15, -0.1) is 0 Å². The van der Waals surface area contributed by atoms with Gasteiger partial charge in [0.25, 0.3) is 0 Å². The van der Waals surface area contributed by atoms with Gasteiger partial charge in [0.1, 0.15) is 0 Å². The van der Waals surface area contributed by atoms with E-state index in [1.807, 2.05) is 25.1 Å². The molecule has 0 spiro atoms. The molecule has 0 saturated carbocycles. The van der Waals surface area contributed by atoms with Crippen LogP contribution in [0.3, 0.4) is 0 Å². The van der Waals surface area contributed by atoms with Crippen LogP contribution in [0.1, 0.15) is 15.9 Å². The van der Waals surface area contributed by atoms with Gasteiger partial charge < -0.3 is 0 Å². The highest BCUT2D eigenvalue weighted by Crippen LogP contribution is 2.30. The number of carbonyl (C=O) groups is 1. The summed E-state index contributed by atoms with van der Waals surface area (Å²) in [4.78, 5) is 10.8. The summed E-state index contributed by atoms with van der Waals surface area (Å²) in [5.41, 5.74) is 0.836. The van der Waals surface area contributed by atoms with Gasteiger partial charge in [0.15, 0.2) is 17.9 Å². The van der Waals surface area contributed by atoms with Crippen LogP contribution in [0.5, 0.6) is 0 Å². The molecule has 94 valence electrons. The largest absolute Gasteiger partial charge is 0.298 e. The van der Waals surface area contributed by atoms with Gasteiger partial charge in [-0.2, -0.15) is 0 Å². The van der Waals surface area contributed by atoms with Crippen LogP contribution in [0.4, 0.5) is 8.78 Å². The molecule has 0 bridgehead atoms. The molecule has 0 aliphatic carbocycles. The first-order valence-electron chi connectivity index (χ1n) is 5.88. The van der Waals surface area contributed by atoms with Crippen LogP contribution in [-0.4, -0.2) is 6.29 Å². The zero-order valence-electron chi connectivity index (χ0n) is 10.2. The molecule has 0 aromatic heterocycles. The maximum atomic E-state index is 13.9. The van der Waals surface area contributed by atoms with Crippen molar-refractivity contribution in [3.05, 3.63) is 59.2 Å². The van der Waals surface area contributed by atoms with Crippen LogP contribution >= 0.6 is 0 Å². The Morgan fingerprint density at radius 1 is 0.895 bits per heavy atom. The number of carbonyl (C=O) groups excluding carboxylic acids is 1. The van der Waals surface area contributed by atoms with Gasteiger partial charge in [0.05, 0.1) is 5.56 Å². The van der Waals surface area contributed by atoms with Gasteiger partial charge in [-0.1, -0.05) is 35.9 Å². The third-order valence-electron chi connectivity index (χ3n) is 3.33. The number of hydrogen-bond donors (Lipinski definition) is 0. The molecule has 0 unspecified atom stereocenters. The molecule has 0 saturated heterocycles. The SMILES string of the molecule is Cc1ccc2c(ccc3c(F)c(F)c(C=O)cc32)c1. The maximum Gasteiger partial charge on any atom is 0.169 e. The van der Waals surface area contributed by atoms with Gasteiger partial charge in [-0.05, 0) is 29.1 Å². The number of rotatable bonds is 1. The van der Waals surface area contributed by atoms with Gasteiger partial charge >= 0.3 is 0 Å². The monoisotopic (exact) mass is 256 g/mol. The Labute approximate surface area is 108 Å². The molecular formula is C16H10F2O. The van der Waals surface area contributed by atoms with E-state index in [-0.39, 0.29) is 10.9 Å². The fraction of sp³-hybridized carbons (Fsp3) is 0.0625. The molecule has 3 aromatic carbocycles. The zero-order chi connectivity index (χ0) is 13.6. The summed E-state index contributed by atoms with van der Waals surface area (Å²) in [7, 11) is 0. The lowest BCUT2D eigenvalue weighted by molar-refractivity contribution is 0.111. The van der Waals surface area contributed by atoms with Crippen molar-refractivity contribution < 1.29 is 13.6 Å². The van der Waals surface area contributed by atoms with Crippen molar-refractivity contribution in [3.63, 3.8) is 0 Å². The lowest BCUT2D eigenvalue weighted by Gasteiger charge is -2.08. The zero-order valence-corrected chi connectivity index (χ0v) is 10.2. The van der Waals surface area contributed by atoms with Crippen LogP contribution in [0, 0.1) is 18.6 Å². The van der Waals surface area contributed by atoms with E-state index >= 15 is 0 Å². The minimum absolute atomic E-state index is 0.194. The Bertz CT molecular complexity index is 822. The van der Waals surface area contributed by atoms with Crippen molar-refractivity contribution in [2.75, 3.05) is 0 Å². The van der Waals surface area contributed by atoms with E-state index in [9.17, 15) is 13.6 Å². The molecule has 1 nitrogen and oxygen atoms in total. The van der Waals surface area contributed by atoms with Crippen LogP contribution in [0.15, 0.2) is 36.4 Å². The second kappa shape index (κ2) is 4.12. The number of hydrogen-bond acceptors (Lipinski definition) is 1. The molecule has 0 N–H and O–H groups in total. The molecule has 19 heavy (non-hydrogen) atoms. The predicted octanol–water partition coefficient (Wildman–Crippen LogP) is 4.39. The third-order valence-corrected chi connectivity index (χ3v) is 3.33.